The summed E-state index contributed by atoms with van der Waals surface area (Å²) in [5.74, 6) is 2.06. The maximum atomic E-state index is 6.11. The highest BCUT2D eigenvalue weighted by Gasteiger charge is 2.09. The first kappa shape index (κ1) is 46.7. The van der Waals surface area contributed by atoms with Gasteiger partial charge in [-0.05, 0) is 116 Å². The second-order valence-electron chi connectivity index (χ2n) is 13.1. The number of allylic oxidation sites excluding steroid dienone is 10. The molecule has 0 aliphatic heterocycles. The van der Waals surface area contributed by atoms with Crippen LogP contribution in [0.4, 0.5) is 0 Å². The molecule has 0 spiro atoms. The first-order chi connectivity index (χ1) is 23.7. The molecule has 278 valence electrons. The molecule has 1 atom stereocenters. The number of hydrogen-bond donors (Lipinski definition) is 0. The molecule has 0 aliphatic rings. The van der Waals surface area contributed by atoms with E-state index in [1.54, 1.807) is 0 Å². The fourth-order valence-electron chi connectivity index (χ4n) is 4.86. The highest BCUT2D eigenvalue weighted by Crippen LogP contribution is 2.23. The zero-order chi connectivity index (χ0) is 34.9. The minimum absolute atomic E-state index is 0.0744. The fraction of sp³-hybridized carbons (Fsp3) is 0.721. The molecule has 5 heteroatoms. The van der Waals surface area contributed by atoms with Crippen molar-refractivity contribution in [3.63, 3.8) is 0 Å². The van der Waals surface area contributed by atoms with Crippen LogP contribution in [0, 0.1) is 0 Å². The number of rotatable bonds is 37. The quantitative estimate of drug-likeness (QED) is 0.0277. The topological polar surface area (TPSA) is 21.7 Å². The molecule has 0 aliphatic carbocycles. The van der Waals surface area contributed by atoms with E-state index >= 15 is 0 Å². The number of nitrogens with zero attached hydrogens (tertiary/aromatic N) is 1. The normalized spacial score (nSPS) is 13.3. The molecule has 0 saturated heterocycles. The van der Waals surface area contributed by atoms with Crippen LogP contribution >= 0.6 is 21.6 Å². The van der Waals surface area contributed by atoms with Gasteiger partial charge >= 0.3 is 0 Å². The van der Waals surface area contributed by atoms with Crippen LogP contribution in [0.1, 0.15) is 155 Å². The molecule has 1 unspecified atom stereocenters. The lowest BCUT2D eigenvalue weighted by Crippen LogP contribution is -2.19. The van der Waals surface area contributed by atoms with Crippen LogP contribution in [0.15, 0.2) is 73.3 Å². The summed E-state index contributed by atoms with van der Waals surface area (Å²) in [6.07, 6.45) is 54.4. The second-order valence-corrected chi connectivity index (χ2v) is 15.7. The van der Waals surface area contributed by atoms with Gasteiger partial charge in [-0.15, -0.1) is 0 Å². The lowest BCUT2D eigenvalue weighted by Gasteiger charge is -2.16. The summed E-state index contributed by atoms with van der Waals surface area (Å²) in [4.78, 5) is 2.23. The van der Waals surface area contributed by atoms with Crippen molar-refractivity contribution in [2.45, 2.75) is 161 Å². The van der Waals surface area contributed by atoms with Crippen molar-refractivity contribution in [3.05, 3.63) is 73.3 Å². The highest BCUT2D eigenvalue weighted by atomic mass is 33.1. The predicted molar refractivity (Wildman–Crippen MR) is 222 cm³/mol. The molecule has 0 N–H and O–H groups in total. The van der Waals surface area contributed by atoms with Crippen molar-refractivity contribution < 1.29 is 9.47 Å². The van der Waals surface area contributed by atoms with E-state index in [0.29, 0.717) is 6.61 Å². The van der Waals surface area contributed by atoms with Crippen LogP contribution in [0.2, 0.25) is 0 Å². The molecule has 0 heterocycles. The summed E-state index contributed by atoms with van der Waals surface area (Å²) < 4.78 is 12.0. The molecule has 0 fully saturated rings. The Morgan fingerprint density at radius 2 is 0.938 bits per heavy atom. The smallest absolute Gasteiger partial charge is 0.141 e. The van der Waals surface area contributed by atoms with Gasteiger partial charge in [0, 0.05) is 18.1 Å². The fourth-order valence-corrected chi connectivity index (χ4v) is 7.16. The molecule has 0 aromatic rings. The van der Waals surface area contributed by atoms with Crippen molar-refractivity contribution in [1.29, 1.82) is 0 Å². The zero-order valence-electron chi connectivity index (χ0n) is 32.0. The molecule has 48 heavy (non-hydrogen) atoms. The SMILES string of the molecule is CCCCC/C=C\C/C=C\CCCCCCC=COCC(CSSCCN(C)C)OC=CCCCCCC/C=C\C/C=C\CCCCC. The predicted octanol–water partition coefficient (Wildman–Crippen LogP) is 14.2. The molecule has 0 amide bonds. The average Bonchev–Trinajstić information content (AvgIpc) is 3.08. The largest absolute Gasteiger partial charge is 0.498 e. The van der Waals surface area contributed by atoms with Gasteiger partial charge in [-0.1, -0.05) is 135 Å². The van der Waals surface area contributed by atoms with E-state index in [1.165, 1.54) is 116 Å². The Morgan fingerprint density at radius 3 is 1.40 bits per heavy atom. The van der Waals surface area contributed by atoms with Crippen LogP contribution in [-0.4, -0.2) is 49.8 Å². The molecule has 0 rings (SSSR count). The monoisotopic (exact) mass is 704 g/mol. The Labute approximate surface area is 308 Å². The summed E-state index contributed by atoms with van der Waals surface area (Å²) >= 11 is 0. The summed E-state index contributed by atoms with van der Waals surface area (Å²) in [6.45, 7) is 6.22. The van der Waals surface area contributed by atoms with E-state index in [1.807, 2.05) is 34.1 Å². The van der Waals surface area contributed by atoms with Crippen LogP contribution in [0.5, 0.6) is 0 Å². The maximum absolute atomic E-state index is 6.11. The summed E-state index contributed by atoms with van der Waals surface area (Å²) in [5, 5.41) is 0. The third-order valence-corrected chi connectivity index (χ3v) is 10.4. The van der Waals surface area contributed by atoms with Crippen LogP contribution < -0.4 is 0 Å². The minimum Gasteiger partial charge on any atom is -0.498 e. The first-order valence-corrected chi connectivity index (χ1v) is 22.3. The van der Waals surface area contributed by atoms with Gasteiger partial charge in [0.25, 0.3) is 0 Å². The standard InChI is InChI=1S/C43H77NO2S2/c1-5-7-9-11-13-15-17-19-21-23-25-27-29-31-33-35-38-45-41-43(42-48-47-40-37-44(3)4)46-39-36-34-32-30-28-26-24-22-20-18-16-14-12-10-8-6-2/h13-16,19-22,35-36,38-39,43H,5-12,17-18,23-34,37,40-42H2,1-4H3/b15-13-,16-14-,21-19-,22-20-,38-35?,39-36?. The van der Waals surface area contributed by atoms with Crippen LogP contribution in [0.25, 0.3) is 0 Å². The molecular formula is C43H77NO2S2. The third kappa shape index (κ3) is 40.9. The van der Waals surface area contributed by atoms with E-state index in [4.69, 9.17) is 9.47 Å². The van der Waals surface area contributed by atoms with Crippen LogP contribution in [0.3, 0.4) is 0 Å². The molecule has 0 saturated carbocycles. The Hall–Kier alpha value is -1.30. The summed E-state index contributed by atoms with van der Waals surface area (Å²) in [5.41, 5.74) is 0. The summed E-state index contributed by atoms with van der Waals surface area (Å²) in [6, 6.07) is 0. The second kappa shape index (κ2) is 41.9. The summed E-state index contributed by atoms with van der Waals surface area (Å²) in [7, 11) is 8.07. The average molecular weight is 704 g/mol. The molecule has 0 radical (unpaired) electrons. The molecule has 0 bridgehead atoms. The van der Waals surface area contributed by atoms with E-state index < -0.39 is 0 Å². The van der Waals surface area contributed by atoms with Gasteiger partial charge in [0.05, 0.1) is 12.5 Å². The van der Waals surface area contributed by atoms with E-state index in [0.717, 1.165) is 43.7 Å². The zero-order valence-corrected chi connectivity index (χ0v) is 33.6. The van der Waals surface area contributed by atoms with Crippen molar-refractivity contribution in [2.75, 3.05) is 38.8 Å². The van der Waals surface area contributed by atoms with Gasteiger partial charge in [-0.25, -0.2) is 0 Å². The van der Waals surface area contributed by atoms with E-state index in [9.17, 15) is 0 Å². The molecular weight excluding hydrogens is 627 g/mol. The van der Waals surface area contributed by atoms with Gasteiger partial charge in [0.15, 0.2) is 0 Å². The number of hydrogen-bond acceptors (Lipinski definition) is 5. The number of unbranched alkanes of at least 4 members (excludes halogenated alkanes) is 16. The maximum Gasteiger partial charge on any atom is 0.141 e. The van der Waals surface area contributed by atoms with Crippen molar-refractivity contribution >= 4 is 21.6 Å². The van der Waals surface area contributed by atoms with Gasteiger partial charge in [0.1, 0.15) is 12.7 Å². The molecule has 3 nitrogen and oxygen atoms in total. The Balaban J connectivity index is 4.00. The number of ether oxygens (including phenoxy) is 2. The lowest BCUT2D eigenvalue weighted by molar-refractivity contribution is 0.0842. The minimum atomic E-state index is 0.0744. The highest BCUT2D eigenvalue weighted by molar-refractivity contribution is 8.76. The first-order valence-electron chi connectivity index (χ1n) is 19.8. The van der Waals surface area contributed by atoms with Crippen molar-refractivity contribution in [1.82, 2.24) is 4.90 Å². The Bertz CT molecular complexity index is 803. The van der Waals surface area contributed by atoms with E-state index in [-0.39, 0.29) is 6.10 Å². The van der Waals surface area contributed by atoms with Gasteiger partial charge in [0.2, 0.25) is 0 Å². The Kier molecular flexibility index (Phi) is 40.7. The van der Waals surface area contributed by atoms with Gasteiger partial charge < -0.3 is 14.4 Å². The van der Waals surface area contributed by atoms with Crippen molar-refractivity contribution in [2.24, 2.45) is 0 Å². The van der Waals surface area contributed by atoms with Gasteiger partial charge in [-0.2, -0.15) is 0 Å². The molecule has 0 aromatic carbocycles. The van der Waals surface area contributed by atoms with E-state index in [2.05, 4.69) is 93.6 Å². The Morgan fingerprint density at radius 1 is 0.500 bits per heavy atom. The van der Waals surface area contributed by atoms with Crippen molar-refractivity contribution in [3.8, 4) is 0 Å². The molecule has 0 aromatic heterocycles. The van der Waals surface area contributed by atoms with Gasteiger partial charge in [-0.3, -0.25) is 0 Å². The lowest BCUT2D eigenvalue weighted by atomic mass is 10.1. The van der Waals surface area contributed by atoms with Crippen LogP contribution in [-0.2, 0) is 9.47 Å². The third-order valence-electron chi connectivity index (χ3n) is 7.94.